The molecule has 1 atom stereocenters. The minimum absolute atomic E-state index is 0.0355. The molecule has 0 aliphatic heterocycles. The standard InChI is InChI=1S/C19H21BrN4O3/c1-12(17(26)27-2)24-11-13(10-22-24)16(25)23-18(21)19(8-3-9-19)14-4-6-15(20)7-5-14/h4-7,10-12H,3,8-9H2,1-2H3,(H2,21,23,25)/p+1. The van der Waals surface area contributed by atoms with Gasteiger partial charge in [-0.3, -0.25) is 10.1 Å². The molecule has 1 unspecified atom stereocenters. The third-order valence-electron chi connectivity index (χ3n) is 5.09. The van der Waals surface area contributed by atoms with Crippen molar-refractivity contribution in [3.05, 3.63) is 52.3 Å². The zero-order valence-electron chi connectivity index (χ0n) is 15.2. The Bertz CT molecular complexity index is 885. The van der Waals surface area contributed by atoms with E-state index in [-0.39, 0.29) is 11.7 Å². The monoisotopic (exact) mass is 433 g/mol. The van der Waals surface area contributed by atoms with Gasteiger partial charge in [0, 0.05) is 10.7 Å². The van der Waals surface area contributed by atoms with E-state index < -0.39 is 17.4 Å². The second-order valence-electron chi connectivity index (χ2n) is 6.66. The number of methoxy groups -OCH3 is 1. The first kappa shape index (κ1) is 19.3. The Morgan fingerprint density at radius 2 is 2.07 bits per heavy atom. The van der Waals surface area contributed by atoms with Crippen molar-refractivity contribution in [3.63, 3.8) is 0 Å². The fourth-order valence-electron chi connectivity index (χ4n) is 3.20. The maximum absolute atomic E-state index is 11.6. The van der Waals surface area contributed by atoms with E-state index >= 15 is 0 Å². The lowest BCUT2D eigenvalue weighted by atomic mass is 9.63. The topological polar surface area (TPSA) is 103 Å². The van der Waals surface area contributed by atoms with Gasteiger partial charge in [0.15, 0.2) is 0 Å². The molecule has 0 amide bonds. The number of hydrogen-bond acceptors (Lipinski definition) is 4. The Morgan fingerprint density at radius 1 is 1.41 bits per heavy atom. The molecule has 1 aromatic heterocycles. The summed E-state index contributed by atoms with van der Waals surface area (Å²) in [6.45, 7) is 1.67. The number of carbonyl (C=O) groups is 1. The molecule has 8 heteroatoms. The molecule has 1 fully saturated rings. The minimum atomic E-state index is -0.586. The summed E-state index contributed by atoms with van der Waals surface area (Å²) in [6, 6.07) is 7.36. The van der Waals surface area contributed by atoms with Crippen LogP contribution in [-0.2, 0) is 14.9 Å². The molecule has 0 bridgehead atoms. The van der Waals surface area contributed by atoms with Gasteiger partial charge in [-0.25, -0.2) is 4.79 Å². The average molecular weight is 434 g/mol. The molecule has 0 saturated heterocycles. The number of aromatic nitrogens is 2. The van der Waals surface area contributed by atoms with Crippen LogP contribution in [-0.4, -0.2) is 39.7 Å². The summed E-state index contributed by atoms with van der Waals surface area (Å²) >= 11 is 3.44. The van der Waals surface area contributed by atoms with Gasteiger partial charge in [-0.1, -0.05) is 34.5 Å². The molecule has 3 rings (SSSR count). The van der Waals surface area contributed by atoms with Crippen molar-refractivity contribution in [2.24, 2.45) is 4.99 Å². The van der Waals surface area contributed by atoms with E-state index in [1.54, 1.807) is 13.1 Å². The number of benzene rings is 1. The van der Waals surface area contributed by atoms with Gasteiger partial charge in [-0.05, 0) is 37.5 Å². The van der Waals surface area contributed by atoms with Gasteiger partial charge in [-0.15, -0.1) is 4.99 Å². The van der Waals surface area contributed by atoms with Gasteiger partial charge < -0.3 is 9.84 Å². The Morgan fingerprint density at radius 3 is 2.63 bits per heavy atom. The van der Waals surface area contributed by atoms with Crippen molar-refractivity contribution in [2.45, 2.75) is 37.6 Å². The van der Waals surface area contributed by atoms with Crippen LogP contribution in [0.15, 0.2) is 46.1 Å². The Labute approximate surface area is 165 Å². The van der Waals surface area contributed by atoms with Crippen LogP contribution in [0.2, 0.25) is 0 Å². The lowest BCUT2D eigenvalue weighted by molar-refractivity contribution is -0.144. The molecule has 1 aliphatic rings. The molecular weight excluding hydrogens is 412 g/mol. The van der Waals surface area contributed by atoms with Crippen LogP contribution in [0.25, 0.3) is 0 Å². The SMILES string of the molecule is COC(=O)C(C)n1cc(C([OH2+])=NC(=N)C2(c3ccc(Br)cc3)CCC2)cn1. The molecule has 0 radical (unpaired) electrons. The Balaban J connectivity index is 1.83. The van der Waals surface area contributed by atoms with Gasteiger partial charge in [0.2, 0.25) is 0 Å². The summed E-state index contributed by atoms with van der Waals surface area (Å²) in [5, 5.41) is 20.9. The zero-order valence-corrected chi connectivity index (χ0v) is 16.8. The van der Waals surface area contributed by atoms with Crippen molar-refractivity contribution in [3.8, 4) is 0 Å². The lowest BCUT2D eigenvalue weighted by Crippen LogP contribution is -2.41. The van der Waals surface area contributed by atoms with Gasteiger partial charge in [0.25, 0.3) is 0 Å². The fourth-order valence-corrected chi connectivity index (χ4v) is 3.46. The molecule has 1 heterocycles. The quantitative estimate of drug-likeness (QED) is 0.339. The maximum atomic E-state index is 11.6. The van der Waals surface area contributed by atoms with Crippen molar-refractivity contribution >= 4 is 33.6 Å². The zero-order chi connectivity index (χ0) is 19.6. The summed E-state index contributed by atoms with van der Waals surface area (Å²) in [7, 11) is 1.32. The molecule has 0 spiro atoms. The molecule has 7 nitrogen and oxygen atoms in total. The Kier molecular flexibility index (Phi) is 5.46. The number of nitrogens with one attached hydrogen (secondary N) is 1. The van der Waals surface area contributed by atoms with Crippen LogP contribution in [0.3, 0.4) is 0 Å². The van der Waals surface area contributed by atoms with Gasteiger partial charge in [0.05, 0.1) is 18.7 Å². The van der Waals surface area contributed by atoms with Crippen LogP contribution in [0.4, 0.5) is 0 Å². The number of aliphatic imine (C=N–C) groups is 1. The maximum Gasteiger partial charge on any atom is 0.369 e. The van der Waals surface area contributed by atoms with E-state index in [1.807, 2.05) is 24.3 Å². The van der Waals surface area contributed by atoms with E-state index in [0.717, 1.165) is 29.3 Å². The van der Waals surface area contributed by atoms with Crippen LogP contribution >= 0.6 is 15.9 Å². The molecule has 1 saturated carbocycles. The van der Waals surface area contributed by atoms with Crippen molar-refractivity contribution in [1.82, 2.24) is 9.78 Å². The van der Waals surface area contributed by atoms with E-state index in [0.29, 0.717) is 5.56 Å². The first-order valence-corrected chi connectivity index (χ1v) is 9.44. The highest BCUT2D eigenvalue weighted by molar-refractivity contribution is 9.10. The third-order valence-corrected chi connectivity index (χ3v) is 5.62. The first-order chi connectivity index (χ1) is 12.9. The number of halogens is 1. The third kappa shape index (κ3) is 3.66. The molecule has 2 aromatic rings. The predicted molar refractivity (Wildman–Crippen MR) is 107 cm³/mol. The van der Waals surface area contributed by atoms with Crippen molar-refractivity contribution in [1.29, 1.82) is 5.41 Å². The lowest BCUT2D eigenvalue weighted by Gasteiger charge is -2.40. The molecule has 1 aromatic carbocycles. The summed E-state index contributed by atoms with van der Waals surface area (Å²) in [5.41, 5.74) is 1.08. The van der Waals surface area contributed by atoms with Gasteiger partial charge >= 0.3 is 11.9 Å². The van der Waals surface area contributed by atoms with Crippen LogP contribution < -0.4 is 0 Å². The van der Waals surface area contributed by atoms with Crippen LogP contribution in [0.1, 0.15) is 43.4 Å². The fraction of sp³-hybridized carbons (Fsp3) is 0.368. The summed E-state index contributed by atoms with van der Waals surface area (Å²) in [4.78, 5) is 15.9. The molecule has 142 valence electrons. The average Bonchev–Trinajstić information content (AvgIpc) is 3.11. The van der Waals surface area contributed by atoms with Crippen LogP contribution in [0.5, 0.6) is 0 Å². The molecular formula is C19H22BrN4O3+. The number of nitrogens with zero attached hydrogens (tertiary/aromatic N) is 3. The summed E-state index contributed by atoms with van der Waals surface area (Å²) in [6.07, 6.45) is 5.79. The minimum Gasteiger partial charge on any atom is -0.578 e. The highest BCUT2D eigenvalue weighted by atomic mass is 79.9. The van der Waals surface area contributed by atoms with Crippen LogP contribution in [0, 0.1) is 5.41 Å². The molecule has 27 heavy (non-hydrogen) atoms. The number of rotatable bonds is 5. The number of esters is 1. The number of carbonyl (C=O) groups excluding carboxylic acids is 1. The van der Waals surface area contributed by atoms with E-state index in [2.05, 4.69) is 26.0 Å². The highest BCUT2D eigenvalue weighted by Crippen LogP contribution is 2.45. The van der Waals surface area contributed by atoms with E-state index in [9.17, 15) is 4.79 Å². The predicted octanol–water partition coefficient (Wildman–Crippen LogP) is 2.95. The van der Waals surface area contributed by atoms with Gasteiger partial charge in [0.1, 0.15) is 17.4 Å². The summed E-state index contributed by atoms with van der Waals surface area (Å²) < 4.78 is 7.13. The smallest absolute Gasteiger partial charge is 0.369 e. The van der Waals surface area contributed by atoms with Gasteiger partial charge in [-0.2, -0.15) is 5.10 Å². The normalized spacial score (nSPS) is 17.1. The molecule has 3 N–H and O–H groups in total. The highest BCUT2D eigenvalue weighted by Gasteiger charge is 2.43. The Hall–Kier alpha value is -2.48. The van der Waals surface area contributed by atoms with E-state index in [4.69, 9.17) is 15.3 Å². The second kappa shape index (κ2) is 7.64. The first-order valence-electron chi connectivity index (χ1n) is 8.65. The van der Waals surface area contributed by atoms with Crippen molar-refractivity contribution < 1.29 is 14.6 Å². The summed E-state index contributed by atoms with van der Waals surface area (Å²) in [5.74, 6) is -0.258. The largest absolute Gasteiger partial charge is 0.578 e. The number of hydrogen-bond donors (Lipinski definition) is 1. The second-order valence-corrected chi connectivity index (χ2v) is 7.58. The van der Waals surface area contributed by atoms with E-state index in [1.165, 1.54) is 18.0 Å². The molecule has 1 aliphatic carbocycles. The number of amidine groups is 1. The van der Waals surface area contributed by atoms with Crippen molar-refractivity contribution in [2.75, 3.05) is 7.11 Å². The number of ether oxygens (including phenoxy) is 1.